The van der Waals surface area contributed by atoms with Crippen molar-refractivity contribution in [3.8, 4) is 6.07 Å². The number of rotatable bonds is 6. The zero-order valence-corrected chi connectivity index (χ0v) is 19.3. The average Bonchev–Trinajstić information content (AvgIpc) is 3.15. The van der Waals surface area contributed by atoms with E-state index in [9.17, 15) is 19.2 Å². The van der Waals surface area contributed by atoms with Crippen molar-refractivity contribution in [3.05, 3.63) is 112 Å². The summed E-state index contributed by atoms with van der Waals surface area (Å²) in [6, 6.07) is 24.6. The number of amides is 2. The number of hydrogen-bond acceptors (Lipinski definition) is 4. The second kappa shape index (κ2) is 10.4. The van der Waals surface area contributed by atoms with Crippen molar-refractivity contribution in [1.29, 1.82) is 5.26 Å². The van der Waals surface area contributed by atoms with Crippen LogP contribution in [0.3, 0.4) is 0 Å². The van der Waals surface area contributed by atoms with E-state index in [1.165, 1.54) is 40.9 Å². The van der Waals surface area contributed by atoms with Gasteiger partial charge in [-0.25, -0.2) is 4.39 Å². The number of aryl methyl sites for hydroxylation is 1. The lowest BCUT2D eigenvalue weighted by Crippen LogP contribution is -2.32. The number of nitriles is 1. The molecule has 1 fully saturated rings. The van der Waals surface area contributed by atoms with Gasteiger partial charge in [-0.2, -0.15) is 5.26 Å². The molecule has 0 aliphatic carbocycles. The van der Waals surface area contributed by atoms with Crippen molar-refractivity contribution in [1.82, 2.24) is 5.32 Å². The summed E-state index contributed by atoms with van der Waals surface area (Å²) < 4.78 is 13.5. The summed E-state index contributed by atoms with van der Waals surface area (Å²) in [5.74, 6) is -1.26. The van der Waals surface area contributed by atoms with Crippen LogP contribution in [0.5, 0.6) is 0 Å². The van der Waals surface area contributed by atoms with Crippen LogP contribution in [0.15, 0.2) is 89.5 Å². The first kappa shape index (κ1) is 23.3. The van der Waals surface area contributed by atoms with Gasteiger partial charge in [-0.3, -0.25) is 14.5 Å². The molecule has 2 amide bonds. The smallest absolute Gasteiger partial charge is 0.264 e. The Hall–Kier alpha value is -3.89. The van der Waals surface area contributed by atoms with Crippen molar-refractivity contribution in [2.24, 2.45) is 0 Å². The van der Waals surface area contributed by atoms with Gasteiger partial charge in [0.15, 0.2) is 0 Å². The number of halogens is 1. The maximum Gasteiger partial charge on any atom is 0.264 e. The lowest BCUT2D eigenvalue weighted by atomic mass is 10.1. The second-order valence-corrected chi connectivity index (χ2v) is 9.10. The molecule has 5 nitrogen and oxygen atoms in total. The summed E-state index contributed by atoms with van der Waals surface area (Å²) in [7, 11) is 0. The van der Waals surface area contributed by atoms with Crippen LogP contribution in [0.25, 0.3) is 0 Å². The third-order valence-corrected chi connectivity index (χ3v) is 6.65. The Morgan fingerprint density at radius 2 is 1.76 bits per heavy atom. The molecule has 1 aliphatic heterocycles. The summed E-state index contributed by atoms with van der Waals surface area (Å²) in [5, 5.41) is 12.4. The van der Waals surface area contributed by atoms with Crippen molar-refractivity contribution in [3.63, 3.8) is 0 Å². The number of nitrogens with zero attached hydrogens (tertiary/aromatic N) is 2. The summed E-state index contributed by atoms with van der Waals surface area (Å²) in [6.45, 7) is 2.23. The molecule has 1 saturated heterocycles. The highest BCUT2D eigenvalue weighted by Gasteiger charge is 2.40. The molecule has 0 bridgehead atoms. The molecular formula is C27H22FN3O2S. The Morgan fingerprint density at radius 3 is 2.44 bits per heavy atom. The van der Waals surface area contributed by atoms with Gasteiger partial charge in [0.2, 0.25) is 5.91 Å². The van der Waals surface area contributed by atoms with Gasteiger partial charge in [0.05, 0.1) is 5.25 Å². The van der Waals surface area contributed by atoms with E-state index < -0.39 is 17.0 Å². The normalized spacial score (nSPS) is 16.8. The Kier molecular flexibility index (Phi) is 7.09. The van der Waals surface area contributed by atoms with Gasteiger partial charge in [-0.1, -0.05) is 71.9 Å². The molecule has 3 aromatic carbocycles. The van der Waals surface area contributed by atoms with Gasteiger partial charge in [0.25, 0.3) is 5.91 Å². The van der Waals surface area contributed by atoms with E-state index in [0.717, 1.165) is 16.7 Å². The fourth-order valence-corrected chi connectivity index (χ4v) is 5.04. The molecule has 4 rings (SSSR count). The molecule has 7 heteroatoms. The largest absolute Gasteiger partial charge is 0.347 e. The van der Waals surface area contributed by atoms with E-state index in [1.54, 1.807) is 0 Å². The molecule has 3 aromatic rings. The Bertz CT molecular complexity index is 1280. The number of benzene rings is 3. The number of anilines is 1. The van der Waals surface area contributed by atoms with Gasteiger partial charge < -0.3 is 5.32 Å². The molecule has 0 saturated carbocycles. The highest BCUT2D eigenvalue weighted by molar-refractivity contribution is 8.05. The van der Waals surface area contributed by atoms with Crippen LogP contribution in [0, 0.1) is 24.1 Å². The summed E-state index contributed by atoms with van der Waals surface area (Å²) in [5.41, 5.74) is 3.21. The van der Waals surface area contributed by atoms with Gasteiger partial charge >= 0.3 is 0 Å². The van der Waals surface area contributed by atoms with Crippen LogP contribution >= 0.6 is 11.8 Å². The molecule has 1 heterocycles. The van der Waals surface area contributed by atoms with Gasteiger partial charge in [0, 0.05) is 12.2 Å². The zero-order valence-electron chi connectivity index (χ0n) is 18.5. The summed E-state index contributed by atoms with van der Waals surface area (Å²) >= 11 is 1.19. The van der Waals surface area contributed by atoms with Crippen LogP contribution in [-0.2, 0) is 22.6 Å². The predicted molar refractivity (Wildman–Crippen MR) is 131 cm³/mol. The van der Waals surface area contributed by atoms with E-state index in [4.69, 9.17) is 0 Å². The van der Waals surface area contributed by atoms with E-state index in [-0.39, 0.29) is 23.1 Å². The van der Waals surface area contributed by atoms with Crippen molar-refractivity contribution in [2.45, 2.75) is 25.1 Å². The average molecular weight is 472 g/mol. The molecule has 0 spiro atoms. The highest BCUT2D eigenvalue weighted by atomic mass is 32.2. The van der Waals surface area contributed by atoms with Crippen molar-refractivity contribution < 1.29 is 14.0 Å². The molecule has 34 heavy (non-hydrogen) atoms. The third kappa shape index (κ3) is 5.19. The Balaban J connectivity index is 1.67. The lowest BCUT2D eigenvalue weighted by molar-refractivity contribution is -0.117. The zero-order chi connectivity index (χ0) is 24.1. The lowest BCUT2D eigenvalue weighted by Gasteiger charge is -2.18. The molecule has 0 aromatic heterocycles. The fraction of sp³-hybridized carbons (Fsp3) is 0.148. The predicted octanol–water partition coefficient (Wildman–Crippen LogP) is 4.88. The standard InChI is InChI=1S/C27H22FN3O2S/c1-18-6-5-9-20(14-18)15-24-26(33)31(22-12-10-21(28)11-13-22)27(34-24)23(16-29)25(32)30-17-19-7-3-2-4-8-19/h2-14,24H,15,17H2,1H3,(H,30,32)/b27-23-/t24-/m1/s1. The number of carbonyl (C=O) groups excluding carboxylic acids is 2. The van der Waals surface area contributed by atoms with Crippen molar-refractivity contribution in [2.75, 3.05) is 4.90 Å². The van der Waals surface area contributed by atoms with Crippen molar-refractivity contribution >= 4 is 29.3 Å². The monoisotopic (exact) mass is 471 g/mol. The molecule has 170 valence electrons. The van der Waals surface area contributed by atoms with Crippen LogP contribution < -0.4 is 10.2 Å². The minimum atomic E-state index is -0.565. The molecule has 0 unspecified atom stereocenters. The third-order valence-electron chi connectivity index (χ3n) is 5.39. The maximum atomic E-state index is 13.5. The van der Waals surface area contributed by atoms with E-state index in [1.807, 2.05) is 67.6 Å². The fourth-order valence-electron chi connectivity index (χ4n) is 3.73. The molecule has 0 radical (unpaired) electrons. The number of hydrogen-bond donors (Lipinski definition) is 1. The molecular weight excluding hydrogens is 449 g/mol. The van der Waals surface area contributed by atoms with Gasteiger partial charge in [-0.15, -0.1) is 0 Å². The molecule has 1 N–H and O–H groups in total. The van der Waals surface area contributed by atoms with E-state index >= 15 is 0 Å². The van der Waals surface area contributed by atoms with Crippen LogP contribution in [-0.4, -0.2) is 17.1 Å². The van der Waals surface area contributed by atoms with E-state index in [0.29, 0.717) is 12.1 Å². The summed E-state index contributed by atoms with van der Waals surface area (Å²) in [6.07, 6.45) is 0.441. The second-order valence-electron chi connectivity index (χ2n) is 7.91. The molecule has 1 aliphatic rings. The highest BCUT2D eigenvalue weighted by Crippen LogP contribution is 2.42. The SMILES string of the molecule is Cc1cccc(C[C@H]2S/C(=C(/C#N)C(=O)NCc3ccccc3)N(c3ccc(F)cc3)C2=O)c1. The number of carbonyl (C=O) groups is 2. The van der Waals surface area contributed by atoms with Crippen LogP contribution in [0.2, 0.25) is 0 Å². The quantitative estimate of drug-likeness (QED) is 0.411. The van der Waals surface area contributed by atoms with Gasteiger partial charge in [-0.05, 0) is 48.7 Å². The van der Waals surface area contributed by atoms with Crippen LogP contribution in [0.1, 0.15) is 16.7 Å². The Morgan fingerprint density at radius 1 is 1.06 bits per heavy atom. The first-order valence-electron chi connectivity index (χ1n) is 10.7. The summed E-state index contributed by atoms with van der Waals surface area (Å²) in [4.78, 5) is 27.8. The minimum Gasteiger partial charge on any atom is -0.347 e. The Labute approximate surface area is 201 Å². The van der Waals surface area contributed by atoms with Gasteiger partial charge in [0.1, 0.15) is 22.5 Å². The maximum absolute atomic E-state index is 13.5. The van der Waals surface area contributed by atoms with E-state index in [2.05, 4.69) is 5.32 Å². The first-order chi connectivity index (χ1) is 16.5. The minimum absolute atomic E-state index is 0.148. The molecule has 1 atom stereocenters. The number of thioether (sulfide) groups is 1. The number of nitrogens with one attached hydrogen (secondary N) is 1. The topological polar surface area (TPSA) is 73.2 Å². The first-order valence-corrected chi connectivity index (χ1v) is 11.6. The van der Waals surface area contributed by atoms with Crippen LogP contribution in [0.4, 0.5) is 10.1 Å².